The minimum absolute atomic E-state index is 0.216. The van der Waals surface area contributed by atoms with E-state index in [9.17, 15) is 4.79 Å². The van der Waals surface area contributed by atoms with Crippen LogP contribution < -0.4 is 10.1 Å². The summed E-state index contributed by atoms with van der Waals surface area (Å²) in [6, 6.07) is 5.45. The minimum atomic E-state index is -0.216. The lowest BCUT2D eigenvalue weighted by atomic mass is 10.2. The summed E-state index contributed by atoms with van der Waals surface area (Å²) in [6.07, 6.45) is 5.60. The van der Waals surface area contributed by atoms with Crippen LogP contribution in [0.3, 0.4) is 0 Å². The summed E-state index contributed by atoms with van der Waals surface area (Å²) in [7, 11) is 0. The van der Waals surface area contributed by atoms with Gasteiger partial charge < -0.3 is 9.64 Å². The van der Waals surface area contributed by atoms with Gasteiger partial charge >= 0.3 is 0 Å². The number of hydrogen-bond acceptors (Lipinski definition) is 3. The van der Waals surface area contributed by atoms with Gasteiger partial charge in [0.15, 0.2) is 5.11 Å². The number of nitrogens with one attached hydrogen (secondary N) is 1. The van der Waals surface area contributed by atoms with Crippen LogP contribution in [-0.4, -0.2) is 35.6 Å². The highest BCUT2D eigenvalue weighted by atomic mass is 79.9. The molecule has 6 heteroatoms. The van der Waals surface area contributed by atoms with Crippen molar-refractivity contribution in [2.75, 3.05) is 19.7 Å². The molecule has 126 valence electrons. The number of nitrogens with zero attached hydrogens (tertiary/aromatic N) is 1. The molecule has 1 aliphatic rings. The van der Waals surface area contributed by atoms with Crippen molar-refractivity contribution in [3.63, 3.8) is 0 Å². The number of rotatable bonds is 4. The SMILES string of the molecule is CCCOc1ccc(Br)cc1C(=O)NC(=S)N1CCCCCC1. The highest BCUT2D eigenvalue weighted by molar-refractivity contribution is 9.10. The number of halogens is 1. The van der Waals surface area contributed by atoms with Crippen LogP contribution in [0.5, 0.6) is 5.75 Å². The monoisotopic (exact) mass is 398 g/mol. The summed E-state index contributed by atoms with van der Waals surface area (Å²) >= 11 is 8.82. The molecule has 23 heavy (non-hydrogen) atoms. The first-order valence-corrected chi connectivity index (χ1v) is 9.34. The largest absolute Gasteiger partial charge is 0.493 e. The molecular formula is C17H23BrN2O2S. The van der Waals surface area contributed by atoms with Crippen LogP contribution in [-0.2, 0) is 0 Å². The molecule has 2 rings (SSSR count). The zero-order chi connectivity index (χ0) is 16.7. The van der Waals surface area contributed by atoms with Gasteiger partial charge in [0, 0.05) is 17.6 Å². The summed E-state index contributed by atoms with van der Waals surface area (Å²) in [5, 5.41) is 3.37. The van der Waals surface area contributed by atoms with E-state index in [1.165, 1.54) is 12.8 Å². The Bertz CT molecular complexity index is 558. The third-order valence-electron chi connectivity index (χ3n) is 3.76. The van der Waals surface area contributed by atoms with E-state index in [2.05, 4.69) is 26.1 Å². The number of thiocarbonyl (C=S) groups is 1. The lowest BCUT2D eigenvalue weighted by Crippen LogP contribution is -2.43. The molecule has 0 aromatic heterocycles. The number of carbonyl (C=O) groups is 1. The Hall–Kier alpha value is -1.14. The molecule has 1 aromatic rings. The van der Waals surface area contributed by atoms with E-state index in [4.69, 9.17) is 17.0 Å². The first-order chi connectivity index (χ1) is 11.1. The normalized spacial score (nSPS) is 15.0. The molecule has 1 fully saturated rings. The first-order valence-electron chi connectivity index (χ1n) is 8.14. The van der Waals surface area contributed by atoms with Crippen molar-refractivity contribution < 1.29 is 9.53 Å². The predicted octanol–water partition coefficient (Wildman–Crippen LogP) is 4.13. The molecule has 0 aliphatic carbocycles. The molecule has 1 amide bonds. The van der Waals surface area contributed by atoms with Crippen molar-refractivity contribution in [3.05, 3.63) is 28.2 Å². The minimum Gasteiger partial charge on any atom is -0.493 e. The maximum absolute atomic E-state index is 12.6. The zero-order valence-corrected chi connectivity index (χ0v) is 15.8. The van der Waals surface area contributed by atoms with Crippen LogP contribution in [0.1, 0.15) is 49.4 Å². The molecule has 4 nitrogen and oxygen atoms in total. The van der Waals surface area contributed by atoms with E-state index in [0.29, 0.717) is 23.0 Å². The second-order valence-electron chi connectivity index (χ2n) is 5.65. The Kier molecular flexibility index (Phi) is 7.30. The van der Waals surface area contributed by atoms with E-state index in [1.807, 2.05) is 19.1 Å². The Morgan fingerprint density at radius 3 is 2.65 bits per heavy atom. The number of benzene rings is 1. The molecule has 1 aromatic carbocycles. The average Bonchev–Trinajstić information content (AvgIpc) is 2.83. The maximum Gasteiger partial charge on any atom is 0.261 e. The highest BCUT2D eigenvalue weighted by Gasteiger charge is 2.18. The van der Waals surface area contributed by atoms with Gasteiger partial charge in [-0.05, 0) is 49.7 Å². The van der Waals surface area contributed by atoms with Crippen LogP contribution in [0.25, 0.3) is 0 Å². The van der Waals surface area contributed by atoms with Crippen LogP contribution >= 0.6 is 28.1 Å². The third kappa shape index (κ3) is 5.46. The molecule has 0 bridgehead atoms. The van der Waals surface area contributed by atoms with Gasteiger partial charge in [-0.15, -0.1) is 0 Å². The predicted molar refractivity (Wildman–Crippen MR) is 100 cm³/mol. The van der Waals surface area contributed by atoms with Crippen LogP contribution in [0.15, 0.2) is 22.7 Å². The third-order valence-corrected chi connectivity index (χ3v) is 4.62. The van der Waals surface area contributed by atoms with Crippen LogP contribution in [0, 0.1) is 0 Å². The Morgan fingerprint density at radius 1 is 1.30 bits per heavy atom. The molecule has 0 spiro atoms. The first kappa shape index (κ1) is 18.2. The van der Waals surface area contributed by atoms with E-state index < -0.39 is 0 Å². The Balaban J connectivity index is 2.06. The van der Waals surface area contributed by atoms with Gasteiger partial charge in [-0.25, -0.2) is 0 Å². The van der Waals surface area contributed by atoms with Crippen LogP contribution in [0.2, 0.25) is 0 Å². The molecular weight excluding hydrogens is 376 g/mol. The molecule has 0 unspecified atom stereocenters. The van der Waals surface area contributed by atoms with Gasteiger partial charge in [0.25, 0.3) is 5.91 Å². The Labute approximate surface area is 151 Å². The lowest BCUT2D eigenvalue weighted by Gasteiger charge is -2.23. The summed E-state index contributed by atoms with van der Waals surface area (Å²) in [6.45, 7) is 4.44. The molecule has 0 saturated carbocycles. The summed E-state index contributed by atoms with van der Waals surface area (Å²) in [5.41, 5.74) is 0.505. The summed E-state index contributed by atoms with van der Waals surface area (Å²) < 4.78 is 6.51. The number of hydrogen-bond donors (Lipinski definition) is 1. The molecule has 1 aliphatic heterocycles. The fourth-order valence-corrected chi connectivity index (χ4v) is 3.17. The van der Waals surface area contributed by atoms with Gasteiger partial charge in [-0.2, -0.15) is 0 Å². The molecule has 0 atom stereocenters. The van der Waals surface area contributed by atoms with Crippen molar-refractivity contribution in [2.45, 2.75) is 39.0 Å². The fourth-order valence-electron chi connectivity index (χ4n) is 2.53. The number of amides is 1. The van der Waals surface area contributed by atoms with E-state index >= 15 is 0 Å². The zero-order valence-electron chi connectivity index (χ0n) is 13.4. The van der Waals surface area contributed by atoms with Crippen molar-refractivity contribution in [1.82, 2.24) is 10.2 Å². The van der Waals surface area contributed by atoms with Crippen molar-refractivity contribution in [1.29, 1.82) is 0 Å². The number of likely N-dealkylation sites (tertiary alicyclic amines) is 1. The Morgan fingerprint density at radius 2 is 2.00 bits per heavy atom. The lowest BCUT2D eigenvalue weighted by molar-refractivity contribution is 0.0969. The molecule has 1 heterocycles. The fraction of sp³-hybridized carbons (Fsp3) is 0.529. The van der Waals surface area contributed by atoms with Gasteiger partial charge in [-0.3, -0.25) is 10.1 Å². The average molecular weight is 399 g/mol. The quantitative estimate of drug-likeness (QED) is 0.774. The molecule has 0 radical (unpaired) electrons. The summed E-state index contributed by atoms with van der Waals surface area (Å²) in [5.74, 6) is 0.373. The smallest absolute Gasteiger partial charge is 0.261 e. The van der Waals surface area contributed by atoms with E-state index in [-0.39, 0.29) is 5.91 Å². The molecule has 1 N–H and O–H groups in total. The van der Waals surface area contributed by atoms with Crippen molar-refractivity contribution in [3.8, 4) is 5.75 Å². The maximum atomic E-state index is 12.6. The second-order valence-corrected chi connectivity index (χ2v) is 6.95. The van der Waals surface area contributed by atoms with Crippen molar-refractivity contribution >= 4 is 39.2 Å². The van der Waals surface area contributed by atoms with Gasteiger partial charge in [0.05, 0.1) is 12.2 Å². The summed E-state index contributed by atoms with van der Waals surface area (Å²) in [4.78, 5) is 14.7. The van der Waals surface area contributed by atoms with Crippen LogP contribution in [0.4, 0.5) is 0 Å². The second kappa shape index (κ2) is 9.23. The van der Waals surface area contributed by atoms with E-state index in [1.54, 1.807) is 6.07 Å². The molecule has 1 saturated heterocycles. The van der Waals surface area contributed by atoms with E-state index in [0.717, 1.165) is 36.8 Å². The number of carbonyl (C=O) groups excluding carboxylic acids is 1. The van der Waals surface area contributed by atoms with Gasteiger partial charge in [-0.1, -0.05) is 35.7 Å². The van der Waals surface area contributed by atoms with Gasteiger partial charge in [0.1, 0.15) is 5.75 Å². The number of ether oxygens (including phenoxy) is 1. The highest BCUT2D eigenvalue weighted by Crippen LogP contribution is 2.23. The topological polar surface area (TPSA) is 41.6 Å². The standard InChI is InChI=1S/C17H23BrN2O2S/c1-2-11-22-15-8-7-13(18)12-14(15)16(21)19-17(23)20-9-5-3-4-6-10-20/h7-8,12H,2-6,9-11H2,1H3,(H,19,21,23). The van der Waals surface area contributed by atoms with Gasteiger partial charge in [0.2, 0.25) is 0 Å². The van der Waals surface area contributed by atoms with Crippen molar-refractivity contribution in [2.24, 2.45) is 0 Å².